The lowest BCUT2D eigenvalue weighted by Crippen LogP contribution is -2.44. The Labute approximate surface area is 177 Å². The highest BCUT2D eigenvalue weighted by Crippen LogP contribution is 2.19. The summed E-state index contributed by atoms with van der Waals surface area (Å²) in [4.78, 5) is 11.4. The molecule has 3 heterocycles. The van der Waals surface area contributed by atoms with E-state index in [1.54, 1.807) is 0 Å². The molecule has 0 saturated carbocycles. The topological polar surface area (TPSA) is 70.4 Å². The van der Waals surface area contributed by atoms with Crippen LogP contribution in [0.1, 0.15) is 23.4 Å². The van der Waals surface area contributed by atoms with Crippen molar-refractivity contribution in [3.05, 3.63) is 71.7 Å². The van der Waals surface area contributed by atoms with Crippen LogP contribution in [0.4, 0.5) is 5.69 Å². The third-order valence-corrected chi connectivity index (χ3v) is 5.37. The minimum atomic E-state index is 0.378. The quantitative estimate of drug-likeness (QED) is 0.506. The van der Waals surface area contributed by atoms with E-state index in [-0.39, 0.29) is 0 Å². The fourth-order valence-corrected chi connectivity index (χ4v) is 3.83. The van der Waals surface area contributed by atoms with Crippen LogP contribution in [-0.2, 0) is 6.54 Å². The van der Waals surface area contributed by atoms with E-state index in [9.17, 15) is 0 Å². The summed E-state index contributed by atoms with van der Waals surface area (Å²) in [6.07, 6.45) is 2.98. The largest absolute Gasteiger partial charge is 0.369 e. The van der Waals surface area contributed by atoms with Crippen LogP contribution in [0.25, 0.3) is 5.82 Å². The van der Waals surface area contributed by atoms with Crippen molar-refractivity contribution >= 4 is 11.6 Å². The molecule has 1 saturated heterocycles. The monoisotopic (exact) mass is 403 g/mol. The first-order valence-electron chi connectivity index (χ1n) is 10.4. The van der Waals surface area contributed by atoms with Gasteiger partial charge in [0.15, 0.2) is 11.8 Å². The Morgan fingerprint density at radius 2 is 2.00 bits per heavy atom. The first-order chi connectivity index (χ1) is 14.6. The van der Waals surface area contributed by atoms with Crippen LogP contribution < -0.4 is 15.5 Å². The Balaban J connectivity index is 1.30. The highest BCUT2D eigenvalue weighted by molar-refractivity contribution is 5.80. The summed E-state index contributed by atoms with van der Waals surface area (Å²) in [6, 6.07) is 17.1. The zero-order valence-corrected chi connectivity index (χ0v) is 17.8. The van der Waals surface area contributed by atoms with Crippen LogP contribution in [0.3, 0.4) is 0 Å². The summed E-state index contributed by atoms with van der Waals surface area (Å²) in [7, 11) is 1.81. The molecule has 1 unspecified atom stereocenters. The number of benzene rings is 1. The van der Waals surface area contributed by atoms with Crippen molar-refractivity contribution in [2.75, 3.05) is 25.0 Å². The molecule has 1 aromatic carbocycles. The molecule has 0 aliphatic carbocycles. The Bertz CT molecular complexity index is 992. The predicted molar refractivity (Wildman–Crippen MR) is 121 cm³/mol. The smallest absolute Gasteiger partial charge is 0.191 e. The lowest BCUT2D eigenvalue weighted by Gasteiger charge is -2.20. The first-order valence-corrected chi connectivity index (χ1v) is 10.4. The molecule has 7 heteroatoms. The normalized spacial score (nSPS) is 16.7. The minimum Gasteiger partial charge on any atom is -0.369 e. The van der Waals surface area contributed by atoms with Gasteiger partial charge in [-0.1, -0.05) is 24.3 Å². The molecule has 1 aliphatic heterocycles. The van der Waals surface area contributed by atoms with Crippen LogP contribution in [0.15, 0.2) is 59.7 Å². The number of nitrogens with zero attached hydrogens (tertiary/aromatic N) is 5. The van der Waals surface area contributed by atoms with Gasteiger partial charge < -0.3 is 15.5 Å². The second-order valence-electron chi connectivity index (χ2n) is 7.70. The van der Waals surface area contributed by atoms with Gasteiger partial charge in [0.2, 0.25) is 0 Å². The van der Waals surface area contributed by atoms with E-state index in [0.717, 1.165) is 48.2 Å². The number of hydrogen-bond donors (Lipinski definition) is 2. The number of anilines is 1. The Hall–Kier alpha value is -3.35. The standard InChI is InChI=1S/C23H29N7/c1-17-13-18(2)30(28-17)22-10-9-19(14-25-22)15-26-23(24-3)27-20-11-12-29(16-20)21-7-5-4-6-8-21/h4-10,13-14,20H,11-12,15-16H2,1-3H3,(H2,24,26,27). The summed E-state index contributed by atoms with van der Waals surface area (Å²) in [5.74, 6) is 1.65. The number of hydrogen-bond acceptors (Lipinski definition) is 4. The molecule has 0 radical (unpaired) electrons. The maximum Gasteiger partial charge on any atom is 0.191 e. The van der Waals surface area contributed by atoms with Crippen LogP contribution >= 0.6 is 0 Å². The number of aryl methyl sites for hydroxylation is 2. The molecule has 0 spiro atoms. The van der Waals surface area contributed by atoms with Crippen LogP contribution in [-0.4, -0.2) is 46.9 Å². The number of para-hydroxylation sites is 1. The summed E-state index contributed by atoms with van der Waals surface area (Å²) in [6.45, 7) is 6.72. The molecule has 1 fully saturated rings. The van der Waals surface area contributed by atoms with Gasteiger partial charge in [-0.2, -0.15) is 5.10 Å². The summed E-state index contributed by atoms with van der Waals surface area (Å²) in [5.41, 5.74) is 4.45. The van der Waals surface area contributed by atoms with Crippen molar-refractivity contribution in [1.82, 2.24) is 25.4 Å². The van der Waals surface area contributed by atoms with Gasteiger partial charge in [0.1, 0.15) is 0 Å². The van der Waals surface area contributed by atoms with Crippen molar-refractivity contribution in [3.63, 3.8) is 0 Å². The highest BCUT2D eigenvalue weighted by Gasteiger charge is 2.23. The highest BCUT2D eigenvalue weighted by atomic mass is 15.3. The van der Waals surface area contributed by atoms with Crippen molar-refractivity contribution in [2.45, 2.75) is 32.9 Å². The lowest BCUT2D eigenvalue weighted by molar-refractivity contribution is 0.648. The van der Waals surface area contributed by atoms with E-state index in [2.05, 4.69) is 73.1 Å². The number of guanidine groups is 1. The van der Waals surface area contributed by atoms with Gasteiger partial charge in [-0.05, 0) is 50.1 Å². The van der Waals surface area contributed by atoms with Crippen molar-refractivity contribution in [3.8, 4) is 5.82 Å². The molecule has 0 bridgehead atoms. The third-order valence-electron chi connectivity index (χ3n) is 5.37. The lowest BCUT2D eigenvalue weighted by atomic mass is 10.2. The van der Waals surface area contributed by atoms with E-state index >= 15 is 0 Å². The number of aromatic nitrogens is 3. The van der Waals surface area contributed by atoms with Gasteiger partial charge in [-0.15, -0.1) is 0 Å². The molecule has 7 nitrogen and oxygen atoms in total. The van der Waals surface area contributed by atoms with Gasteiger partial charge in [-0.3, -0.25) is 4.99 Å². The van der Waals surface area contributed by atoms with Crippen LogP contribution in [0.5, 0.6) is 0 Å². The molecule has 4 rings (SSSR count). The molecule has 1 atom stereocenters. The van der Waals surface area contributed by atoms with Crippen LogP contribution in [0.2, 0.25) is 0 Å². The van der Waals surface area contributed by atoms with Crippen molar-refractivity contribution in [2.24, 2.45) is 4.99 Å². The van der Waals surface area contributed by atoms with E-state index in [0.29, 0.717) is 12.6 Å². The van der Waals surface area contributed by atoms with Gasteiger partial charge in [0.25, 0.3) is 0 Å². The summed E-state index contributed by atoms with van der Waals surface area (Å²) >= 11 is 0. The molecule has 2 N–H and O–H groups in total. The fourth-order valence-electron chi connectivity index (χ4n) is 3.83. The Morgan fingerprint density at radius 3 is 2.67 bits per heavy atom. The summed E-state index contributed by atoms with van der Waals surface area (Å²) in [5, 5.41) is 11.4. The number of aliphatic imine (C=N–C) groups is 1. The molecular weight excluding hydrogens is 374 g/mol. The molecule has 2 aromatic heterocycles. The predicted octanol–water partition coefficient (Wildman–Crippen LogP) is 2.83. The van der Waals surface area contributed by atoms with E-state index in [1.165, 1.54) is 5.69 Å². The fraction of sp³-hybridized carbons (Fsp3) is 0.348. The average molecular weight is 404 g/mol. The van der Waals surface area contributed by atoms with Gasteiger partial charge >= 0.3 is 0 Å². The third kappa shape index (κ3) is 4.62. The SMILES string of the molecule is CN=C(NCc1ccc(-n2nc(C)cc2C)nc1)NC1CCN(c2ccccc2)C1. The minimum absolute atomic E-state index is 0.378. The maximum absolute atomic E-state index is 4.57. The molecule has 156 valence electrons. The zero-order valence-electron chi connectivity index (χ0n) is 17.8. The Morgan fingerprint density at radius 1 is 1.17 bits per heavy atom. The number of pyridine rings is 1. The molecule has 1 aliphatic rings. The van der Waals surface area contributed by atoms with Gasteiger partial charge in [-0.25, -0.2) is 9.67 Å². The van der Waals surface area contributed by atoms with Gasteiger partial charge in [0, 0.05) is 50.3 Å². The second-order valence-corrected chi connectivity index (χ2v) is 7.70. The number of nitrogens with one attached hydrogen (secondary N) is 2. The second kappa shape index (κ2) is 8.98. The van der Waals surface area contributed by atoms with Crippen molar-refractivity contribution < 1.29 is 0 Å². The zero-order chi connectivity index (χ0) is 20.9. The Kier molecular flexibility index (Phi) is 5.97. The first kappa shape index (κ1) is 19.9. The molecule has 0 amide bonds. The van der Waals surface area contributed by atoms with E-state index in [4.69, 9.17) is 0 Å². The average Bonchev–Trinajstić information content (AvgIpc) is 3.38. The molecule has 30 heavy (non-hydrogen) atoms. The maximum atomic E-state index is 4.57. The summed E-state index contributed by atoms with van der Waals surface area (Å²) < 4.78 is 1.87. The molecule has 3 aromatic rings. The van der Waals surface area contributed by atoms with Crippen molar-refractivity contribution in [1.29, 1.82) is 0 Å². The van der Waals surface area contributed by atoms with Gasteiger partial charge in [0.05, 0.1) is 5.69 Å². The van der Waals surface area contributed by atoms with Crippen LogP contribution in [0, 0.1) is 13.8 Å². The number of rotatable bonds is 5. The molecular formula is C23H29N7. The van der Waals surface area contributed by atoms with E-state index in [1.807, 2.05) is 37.8 Å². The van der Waals surface area contributed by atoms with E-state index < -0.39 is 0 Å².